The van der Waals surface area contributed by atoms with E-state index in [1.165, 1.54) is 11.6 Å². The van der Waals surface area contributed by atoms with Crippen LogP contribution in [0.5, 0.6) is 0 Å². The molecule has 0 aliphatic heterocycles. The van der Waals surface area contributed by atoms with E-state index in [-0.39, 0.29) is 11.4 Å². The minimum atomic E-state index is -3.13. The summed E-state index contributed by atoms with van der Waals surface area (Å²) in [6, 6.07) is 19.5. The monoisotopic (exact) mass is 456 g/mol. The quantitative estimate of drug-likeness (QED) is 0.253. The zero-order chi connectivity index (χ0) is 29.9. The van der Waals surface area contributed by atoms with Crippen LogP contribution in [0.3, 0.4) is 0 Å². The summed E-state index contributed by atoms with van der Waals surface area (Å²) in [5.41, 5.74) is 6.54. The van der Waals surface area contributed by atoms with Gasteiger partial charge in [-0.25, -0.2) is 9.55 Å². The van der Waals surface area contributed by atoms with Crippen molar-refractivity contribution in [3.05, 3.63) is 83.7 Å². The van der Waals surface area contributed by atoms with Crippen molar-refractivity contribution in [3.63, 3.8) is 0 Å². The van der Waals surface area contributed by atoms with Gasteiger partial charge in [-0.2, -0.15) is 0 Å². The van der Waals surface area contributed by atoms with Gasteiger partial charge in [0.25, 0.3) is 0 Å². The lowest BCUT2D eigenvalue weighted by Gasteiger charge is -2.09. The Morgan fingerprint density at radius 2 is 1.82 bits per heavy atom. The number of fused-ring (bicyclic) bond motifs is 3. The predicted molar refractivity (Wildman–Crippen MR) is 141 cm³/mol. The van der Waals surface area contributed by atoms with Crippen LogP contribution in [-0.2, 0) is 13.5 Å². The Balaban J connectivity index is 1.64. The third-order valence-electron chi connectivity index (χ3n) is 6.27. The first-order chi connectivity index (χ1) is 19.1. The van der Waals surface area contributed by atoms with Gasteiger partial charge in [0.15, 0.2) is 11.8 Å². The van der Waals surface area contributed by atoms with Crippen LogP contribution in [-0.4, -0.2) is 4.98 Å². The van der Waals surface area contributed by atoms with Crippen LogP contribution in [0.4, 0.5) is 0 Å². The molecule has 3 heterocycles. The molecule has 34 heavy (non-hydrogen) atoms. The SMILES string of the molecule is [2H]C([2H])([2H])C([2H])(c1ccc2c(n1)oc1c(-c3ccc(-c4cccc(CC(C)C)c4)c[n+]3C)c(C)ccc12)C([2H])([2H])[2H]. The summed E-state index contributed by atoms with van der Waals surface area (Å²) in [6.07, 6.45) is 3.10. The number of rotatable bonds is 5. The summed E-state index contributed by atoms with van der Waals surface area (Å²) in [6.45, 7) is 0.154. The lowest BCUT2D eigenvalue weighted by atomic mass is 9.97. The van der Waals surface area contributed by atoms with Gasteiger partial charge in [-0.05, 0) is 60.0 Å². The van der Waals surface area contributed by atoms with E-state index >= 15 is 0 Å². The second kappa shape index (κ2) is 8.72. The summed E-state index contributed by atoms with van der Waals surface area (Å²) in [5.74, 6) is -2.33. The molecule has 3 heteroatoms. The molecule has 3 aromatic heterocycles. The number of hydrogen-bond donors (Lipinski definition) is 0. The van der Waals surface area contributed by atoms with Crippen LogP contribution in [0.2, 0.25) is 0 Å². The number of aromatic nitrogens is 2. The fourth-order valence-electron chi connectivity index (χ4n) is 4.66. The minimum absolute atomic E-state index is 0.0933. The Hall–Kier alpha value is -3.46. The molecule has 0 radical (unpaired) electrons. The maximum absolute atomic E-state index is 8.52. The number of hydrogen-bond acceptors (Lipinski definition) is 2. The summed E-state index contributed by atoms with van der Waals surface area (Å²) in [7, 11) is 1.98. The Kier molecular flexibility index (Phi) is 3.96. The molecule has 0 aliphatic rings. The largest absolute Gasteiger partial charge is 0.437 e. The summed E-state index contributed by atoms with van der Waals surface area (Å²) >= 11 is 0. The van der Waals surface area contributed by atoms with E-state index < -0.39 is 19.6 Å². The lowest BCUT2D eigenvalue weighted by molar-refractivity contribution is -0.659. The van der Waals surface area contributed by atoms with Crippen LogP contribution in [0.1, 0.15) is 59.9 Å². The predicted octanol–water partition coefficient (Wildman–Crippen LogP) is 7.77. The van der Waals surface area contributed by atoms with E-state index in [2.05, 4.69) is 66.0 Å². The van der Waals surface area contributed by atoms with Crippen LogP contribution in [0.25, 0.3) is 44.5 Å². The van der Waals surface area contributed by atoms with Gasteiger partial charge >= 0.3 is 0 Å². The lowest BCUT2D eigenvalue weighted by Crippen LogP contribution is -2.31. The Morgan fingerprint density at radius 3 is 2.59 bits per heavy atom. The smallest absolute Gasteiger partial charge is 0.227 e. The maximum atomic E-state index is 8.52. The van der Waals surface area contributed by atoms with Crippen molar-refractivity contribution in [1.82, 2.24) is 4.98 Å². The van der Waals surface area contributed by atoms with E-state index in [1.54, 1.807) is 6.07 Å². The third kappa shape index (κ3) is 4.00. The van der Waals surface area contributed by atoms with Gasteiger partial charge in [-0.3, -0.25) is 0 Å². The van der Waals surface area contributed by atoms with E-state index in [0.717, 1.165) is 39.8 Å². The average Bonchev–Trinajstić information content (AvgIpc) is 3.24. The average molecular weight is 457 g/mol. The fraction of sp³-hybridized carbons (Fsp3) is 0.290. The molecule has 3 nitrogen and oxygen atoms in total. The van der Waals surface area contributed by atoms with Gasteiger partial charge in [-0.15, -0.1) is 0 Å². The van der Waals surface area contributed by atoms with Crippen LogP contribution < -0.4 is 4.57 Å². The Labute approximate surface area is 211 Å². The minimum Gasteiger partial charge on any atom is -0.437 e. The number of benzene rings is 2. The fourth-order valence-corrected chi connectivity index (χ4v) is 4.66. The highest BCUT2D eigenvalue weighted by atomic mass is 16.3. The number of pyridine rings is 2. The van der Waals surface area contributed by atoms with Crippen molar-refractivity contribution in [3.8, 4) is 22.4 Å². The number of nitrogens with zero attached hydrogens (tertiary/aromatic N) is 2. The molecule has 0 fully saturated rings. The molecule has 0 bridgehead atoms. The van der Waals surface area contributed by atoms with Crippen molar-refractivity contribution >= 4 is 22.1 Å². The van der Waals surface area contributed by atoms with Crippen molar-refractivity contribution in [2.45, 2.75) is 46.8 Å². The van der Waals surface area contributed by atoms with Crippen molar-refractivity contribution in [1.29, 1.82) is 0 Å². The second-order valence-electron chi connectivity index (χ2n) is 9.37. The summed E-state index contributed by atoms with van der Waals surface area (Å²) in [4.78, 5) is 4.31. The molecule has 0 N–H and O–H groups in total. The highest BCUT2D eigenvalue weighted by molar-refractivity contribution is 6.08. The Bertz CT molecular complexity index is 1750. The molecule has 0 spiro atoms. The molecule has 0 atom stereocenters. The summed E-state index contributed by atoms with van der Waals surface area (Å²) in [5, 5.41) is 1.38. The van der Waals surface area contributed by atoms with Gasteiger partial charge in [0.1, 0.15) is 7.05 Å². The molecular weight excluding hydrogens is 416 g/mol. The molecule has 0 unspecified atom stereocenters. The van der Waals surface area contributed by atoms with Gasteiger partial charge in [0, 0.05) is 37.7 Å². The molecule has 172 valence electrons. The molecule has 0 saturated carbocycles. The molecule has 5 rings (SSSR count). The molecule has 2 aromatic carbocycles. The molecule has 0 saturated heterocycles. The van der Waals surface area contributed by atoms with E-state index in [1.807, 2.05) is 26.1 Å². The summed E-state index contributed by atoms with van der Waals surface area (Å²) < 4.78 is 63.8. The number of furan rings is 1. The van der Waals surface area contributed by atoms with Gasteiger partial charge in [0.2, 0.25) is 11.4 Å². The van der Waals surface area contributed by atoms with E-state index in [9.17, 15) is 0 Å². The molecule has 0 aliphatic carbocycles. The van der Waals surface area contributed by atoms with Crippen molar-refractivity contribution in [2.24, 2.45) is 13.0 Å². The van der Waals surface area contributed by atoms with Crippen molar-refractivity contribution < 1.29 is 18.6 Å². The highest BCUT2D eigenvalue weighted by Crippen LogP contribution is 2.37. The first-order valence-electron chi connectivity index (χ1n) is 15.0. The van der Waals surface area contributed by atoms with Crippen LogP contribution in [0.15, 0.2) is 71.3 Å². The van der Waals surface area contributed by atoms with E-state index in [0.29, 0.717) is 16.9 Å². The van der Waals surface area contributed by atoms with Crippen LogP contribution in [0, 0.1) is 12.8 Å². The van der Waals surface area contributed by atoms with Gasteiger partial charge in [0.05, 0.1) is 5.56 Å². The van der Waals surface area contributed by atoms with Crippen LogP contribution >= 0.6 is 0 Å². The topological polar surface area (TPSA) is 29.9 Å². The van der Waals surface area contributed by atoms with Gasteiger partial charge < -0.3 is 4.42 Å². The highest BCUT2D eigenvalue weighted by Gasteiger charge is 2.22. The molecule has 5 aromatic rings. The zero-order valence-electron chi connectivity index (χ0n) is 26.9. The number of aryl methyl sites for hydroxylation is 2. The first-order valence-corrected chi connectivity index (χ1v) is 11.5. The standard InChI is InChI=1S/C31H33N2O/c1-19(2)16-22-8-7-9-23(17-22)24-11-15-28(33(6)18-24)29-21(5)10-12-25-26-13-14-27(20(3)4)32-31(26)34-30(25)29/h7-15,17-20H,16H2,1-6H3/q+1/i3D3,4D3,20D. The normalized spacial score (nSPS) is 16.0. The second-order valence-corrected chi connectivity index (χ2v) is 9.37. The zero-order valence-corrected chi connectivity index (χ0v) is 19.9. The first kappa shape index (κ1) is 15.4. The van der Waals surface area contributed by atoms with Gasteiger partial charge in [-0.1, -0.05) is 63.9 Å². The molecular formula is C31H33N2O+. The van der Waals surface area contributed by atoms with E-state index in [4.69, 9.17) is 14.0 Å². The third-order valence-corrected chi connectivity index (χ3v) is 6.27. The molecule has 0 amide bonds. The maximum Gasteiger partial charge on any atom is 0.227 e. The Morgan fingerprint density at radius 1 is 1.00 bits per heavy atom. The van der Waals surface area contributed by atoms with Crippen molar-refractivity contribution in [2.75, 3.05) is 0 Å².